The average Bonchev–Trinajstić information content (AvgIpc) is 3.71. The van der Waals surface area contributed by atoms with Gasteiger partial charge in [-0.05, 0) is 58.2 Å². The Kier molecular flexibility index (Phi) is 8.09. The summed E-state index contributed by atoms with van der Waals surface area (Å²) in [6.07, 6.45) is 6.76. The maximum absolute atomic E-state index is 14.3. The largest absolute Gasteiger partial charge is 0.340 e. The lowest BCUT2D eigenvalue weighted by Gasteiger charge is -2.42. The summed E-state index contributed by atoms with van der Waals surface area (Å²) in [6, 6.07) is 17.0. The molecular weight excluding hydrogens is 703 g/mol. The Labute approximate surface area is 308 Å². The van der Waals surface area contributed by atoms with Gasteiger partial charge >= 0.3 is 0 Å². The Morgan fingerprint density at radius 3 is 2.59 bits per heavy atom. The van der Waals surface area contributed by atoms with E-state index in [1.807, 2.05) is 72.2 Å². The minimum Gasteiger partial charge on any atom is -0.340 e. The maximum Gasteiger partial charge on any atom is 0.245 e. The molecule has 2 atom stereocenters. The van der Waals surface area contributed by atoms with Crippen LogP contribution in [0.5, 0.6) is 0 Å². The van der Waals surface area contributed by atoms with E-state index in [1.54, 1.807) is 24.4 Å². The molecule has 2 aromatic heterocycles. The van der Waals surface area contributed by atoms with Crippen molar-refractivity contribution in [1.29, 1.82) is 0 Å². The van der Waals surface area contributed by atoms with Crippen molar-refractivity contribution >= 4 is 80.8 Å². The Balaban J connectivity index is 1.12. The zero-order chi connectivity index (χ0) is 35.8. The van der Waals surface area contributed by atoms with E-state index in [9.17, 15) is 14.4 Å². The van der Waals surface area contributed by atoms with Gasteiger partial charge in [-0.2, -0.15) is 0 Å². The molecule has 12 heteroatoms. The third kappa shape index (κ3) is 5.35. The molecular formula is C39H32Cl2N6O3S. The number of anilines is 3. The number of carbonyl (C=O) groups is 3. The van der Waals surface area contributed by atoms with Crippen LogP contribution in [0.15, 0.2) is 67.1 Å². The first-order valence-corrected chi connectivity index (χ1v) is 18.2. The number of ketones is 2. The van der Waals surface area contributed by atoms with Crippen LogP contribution in [0.1, 0.15) is 54.4 Å². The van der Waals surface area contributed by atoms with Crippen molar-refractivity contribution in [3.63, 3.8) is 0 Å². The van der Waals surface area contributed by atoms with Crippen molar-refractivity contribution in [3.05, 3.63) is 104 Å². The van der Waals surface area contributed by atoms with Crippen molar-refractivity contribution in [2.24, 2.45) is 5.92 Å². The maximum atomic E-state index is 14.3. The van der Waals surface area contributed by atoms with Crippen molar-refractivity contribution in [2.45, 2.75) is 39.2 Å². The monoisotopic (exact) mass is 734 g/mol. The summed E-state index contributed by atoms with van der Waals surface area (Å²) < 4.78 is 0. The molecule has 2 unspecified atom stereocenters. The first-order chi connectivity index (χ1) is 24.4. The van der Waals surface area contributed by atoms with Crippen LogP contribution >= 0.6 is 34.5 Å². The second-order valence-electron chi connectivity index (χ2n) is 13.5. The molecule has 3 aromatic carbocycles. The highest BCUT2D eigenvalue weighted by Crippen LogP contribution is 2.44. The minimum absolute atomic E-state index is 0.00724. The van der Waals surface area contributed by atoms with Crippen LogP contribution < -0.4 is 25.6 Å². The Hall–Kier alpha value is -4.90. The fourth-order valence-corrected chi connectivity index (χ4v) is 8.76. The van der Waals surface area contributed by atoms with Gasteiger partial charge in [-0.15, -0.1) is 11.3 Å². The number of amides is 1. The lowest BCUT2D eigenvalue weighted by Crippen LogP contribution is -2.59. The molecule has 1 aliphatic heterocycles. The van der Waals surface area contributed by atoms with E-state index in [4.69, 9.17) is 28.2 Å². The second-order valence-corrected chi connectivity index (χ2v) is 15.3. The zero-order valence-corrected chi connectivity index (χ0v) is 30.5. The normalized spacial score (nSPS) is 18.8. The number of carbonyl (C=O) groups excluding carboxylic acids is 3. The van der Waals surface area contributed by atoms with Crippen LogP contribution in [-0.4, -0.2) is 45.6 Å². The zero-order valence-electron chi connectivity index (χ0n) is 28.2. The molecule has 9 nitrogen and oxygen atoms in total. The Morgan fingerprint density at radius 2 is 1.82 bits per heavy atom. The van der Waals surface area contributed by atoms with Gasteiger partial charge in [-0.1, -0.05) is 92.5 Å². The molecule has 51 heavy (non-hydrogen) atoms. The van der Waals surface area contributed by atoms with Gasteiger partial charge in [0, 0.05) is 21.9 Å². The lowest BCUT2D eigenvalue weighted by molar-refractivity contribution is -0.126. The van der Waals surface area contributed by atoms with Gasteiger partial charge in [0.2, 0.25) is 5.91 Å². The number of hydrogen-bond acceptors (Lipinski definition) is 9. The topological polar surface area (TPSA) is 108 Å². The smallest absolute Gasteiger partial charge is 0.245 e. The molecule has 1 N–H and O–H groups in total. The van der Waals surface area contributed by atoms with Crippen molar-refractivity contribution in [1.82, 2.24) is 15.0 Å². The summed E-state index contributed by atoms with van der Waals surface area (Å²) in [4.78, 5) is 59.8. The molecule has 256 valence electrons. The van der Waals surface area contributed by atoms with E-state index in [0.29, 0.717) is 32.2 Å². The number of nitrogens with one attached hydrogen (secondary N) is 1. The summed E-state index contributed by atoms with van der Waals surface area (Å²) in [7, 11) is 0. The van der Waals surface area contributed by atoms with Gasteiger partial charge in [0.25, 0.3) is 0 Å². The predicted molar refractivity (Wildman–Crippen MR) is 203 cm³/mol. The number of thiazole rings is 1. The second kappa shape index (κ2) is 12.4. The molecule has 0 spiro atoms. The summed E-state index contributed by atoms with van der Waals surface area (Å²) in [6.45, 7) is 8.12. The van der Waals surface area contributed by atoms with E-state index in [-0.39, 0.29) is 36.6 Å². The van der Waals surface area contributed by atoms with Gasteiger partial charge in [-0.3, -0.25) is 14.4 Å². The van der Waals surface area contributed by atoms with Gasteiger partial charge in [0.05, 0.1) is 35.1 Å². The third-order valence-corrected chi connectivity index (χ3v) is 12.0. The highest BCUT2D eigenvalue weighted by Gasteiger charge is 2.50. The van der Waals surface area contributed by atoms with Crippen LogP contribution in [0.3, 0.4) is 0 Å². The number of aromatic nitrogens is 3. The molecule has 0 fully saturated rings. The molecule has 2 aliphatic carbocycles. The number of rotatable bonds is 6. The first-order valence-electron chi connectivity index (χ1n) is 16.6. The highest BCUT2D eigenvalue weighted by molar-refractivity contribution is 7.16. The van der Waals surface area contributed by atoms with E-state index >= 15 is 0 Å². The quantitative estimate of drug-likeness (QED) is 0.203. The van der Waals surface area contributed by atoms with Gasteiger partial charge in [0.1, 0.15) is 17.6 Å². The molecule has 8 rings (SSSR count). The number of halogens is 2. The van der Waals surface area contributed by atoms with Crippen LogP contribution in [0, 0.1) is 5.92 Å². The first kappa shape index (κ1) is 33.3. The van der Waals surface area contributed by atoms with Crippen LogP contribution in [-0.2, 0) is 15.1 Å². The number of hydrogen-bond donors (Lipinski definition) is 1. The van der Waals surface area contributed by atoms with Crippen LogP contribution in [0.4, 0.5) is 16.6 Å². The number of nitrogens with zero attached hydrogens (tertiary/aromatic N) is 5. The van der Waals surface area contributed by atoms with Gasteiger partial charge in [0.15, 0.2) is 22.5 Å². The molecule has 0 bridgehead atoms. The SMILES string of the molecule is CC1C=c2c(ccc3c2=CC(=O)c2ccccc2-3)C(C)(N2CN(CC(=O)Nc3nc(-c4ccc(Cl)c(Cl)c4)c(C(C)C)s3)c3cncnc32)C1=O. The molecule has 1 amide bonds. The van der Waals surface area contributed by atoms with Crippen LogP contribution in [0.2, 0.25) is 10.0 Å². The molecule has 0 saturated carbocycles. The van der Waals surface area contributed by atoms with E-state index in [1.165, 1.54) is 17.7 Å². The predicted octanol–water partition coefficient (Wildman–Crippen LogP) is 6.81. The summed E-state index contributed by atoms with van der Waals surface area (Å²) >= 11 is 13.9. The van der Waals surface area contributed by atoms with Gasteiger partial charge in [-0.25, -0.2) is 15.0 Å². The third-order valence-electron chi connectivity index (χ3n) is 9.95. The van der Waals surface area contributed by atoms with Crippen molar-refractivity contribution < 1.29 is 14.4 Å². The fraction of sp³-hybridized carbons (Fsp3) is 0.231. The summed E-state index contributed by atoms with van der Waals surface area (Å²) in [5.41, 5.74) is 4.32. The average molecular weight is 736 g/mol. The molecule has 5 aromatic rings. The van der Waals surface area contributed by atoms with Gasteiger partial charge < -0.3 is 15.1 Å². The highest BCUT2D eigenvalue weighted by atomic mass is 35.5. The van der Waals surface area contributed by atoms with E-state index < -0.39 is 11.5 Å². The Bertz CT molecular complexity index is 2450. The molecule has 0 saturated heterocycles. The number of fused-ring (bicyclic) bond motifs is 6. The molecule has 3 heterocycles. The molecule has 3 aliphatic rings. The lowest BCUT2D eigenvalue weighted by atomic mass is 9.73. The minimum atomic E-state index is -1.16. The van der Waals surface area contributed by atoms with Crippen molar-refractivity contribution in [3.8, 4) is 22.4 Å². The summed E-state index contributed by atoms with van der Waals surface area (Å²) in [5, 5.41) is 6.02. The number of benzene rings is 3. The standard InChI is InChI=1S/C39H32Cl2N6O3S/c1-20(2)35-34(22-9-12-29(40)30(41)14-22)45-38(51-35)44-33(49)17-46-19-47(37-31(46)16-42-18-43-37)39(4)28-11-10-24-23-7-5-6-8-25(23)32(48)15-26(24)27(28)13-21(3)36(39)50/h5-16,18,20-21H,17,19H2,1-4H3,(H,44,45,49). The van der Waals surface area contributed by atoms with E-state index in [0.717, 1.165) is 43.3 Å². The number of Topliss-reactive ketones (excluding diaryl/α,β-unsaturated/α-hetero) is 2. The fourth-order valence-electron chi connectivity index (χ4n) is 7.46. The summed E-state index contributed by atoms with van der Waals surface area (Å²) in [5.74, 6) is -0.0858. The Morgan fingerprint density at radius 1 is 1.04 bits per heavy atom. The van der Waals surface area contributed by atoms with Crippen molar-refractivity contribution in [2.75, 3.05) is 28.3 Å². The van der Waals surface area contributed by atoms with Crippen LogP contribution in [0.25, 0.3) is 34.5 Å². The van der Waals surface area contributed by atoms with E-state index in [2.05, 4.69) is 29.1 Å². The molecule has 0 radical (unpaired) electrons.